The second kappa shape index (κ2) is 10.3. The van der Waals surface area contributed by atoms with E-state index in [4.69, 9.17) is 5.73 Å². The molecule has 8 nitrogen and oxygen atoms in total. The zero-order valence-corrected chi connectivity index (χ0v) is 22.5. The van der Waals surface area contributed by atoms with Crippen LogP contribution < -0.4 is 5.73 Å². The van der Waals surface area contributed by atoms with Gasteiger partial charge in [0.05, 0.1) is 5.54 Å². The van der Waals surface area contributed by atoms with Crippen LogP contribution in [0.3, 0.4) is 0 Å². The molecule has 2 aliphatic carbocycles. The molecule has 2 aliphatic heterocycles. The van der Waals surface area contributed by atoms with Crippen molar-refractivity contribution >= 4 is 17.8 Å². The van der Waals surface area contributed by atoms with E-state index in [2.05, 4.69) is 54.2 Å². The Kier molecular flexibility index (Phi) is 7.22. The molecule has 1 aromatic rings. The van der Waals surface area contributed by atoms with Crippen molar-refractivity contribution < 1.29 is 14.4 Å². The first-order valence-corrected chi connectivity index (χ1v) is 14.1. The lowest BCUT2D eigenvalue weighted by atomic mass is 9.68. The zero-order chi connectivity index (χ0) is 26.2. The number of rotatable bonds is 7. The molecule has 0 bridgehead atoms. The zero-order valence-electron chi connectivity index (χ0n) is 22.5. The van der Waals surface area contributed by atoms with Gasteiger partial charge in [-0.25, -0.2) is 4.79 Å². The molecule has 0 unspecified atom stereocenters. The molecule has 2 N–H and O–H groups in total. The number of nitrogens with zero attached hydrogens (tertiary/aromatic N) is 4. The van der Waals surface area contributed by atoms with E-state index in [1.807, 2.05) is 4.90 Å². The van der Waals surface area contributed by atoms with Crippen LogP contribution >= 0.6 is 0 Å². The van der Waals surface area contributed by atoms with E-state index in [1.54, 1.807) is 4.90 Å². The van der Waals surface area contributed by atoms with Gasteiger partial charge >= 0.3 is 6.03 Å². The number of primary amides is 1. The maximum atomic E-state index is 13.8. The maximum Gasteiger partial charge on any atom is 0.321 e. The minimum Gasteiger partial charge on any atom is -0.369 e. The number of carbonyl (C=O) groups is 3. The Balaban J connectivity index is 1.31. The number of amides is 4. The summed E-state index contributed by atoms with van der Waals surface area (Å²) in [7, 11) is 4.34. The Morgan fingerprint density at radius 3 is 2.19 bits per heavy atom. The number of likely N-dealkylation sites (tertiary alicyclic amines) is 1. The fourth-order valence-electron chi connectivity index (χ4n) is 7.19. The van der Waals surface area contributed by atoms with Crippen molar-refractivity contribution in [3.63, 3.8) is 0 Å². The maximum absolute atomic E-state index is 13.8. The van der Waals surface area contributed by atoms with E-state index in [-0.39, 0.29) is 41.4 Å². The molecule has 4 fully saturated rings. The lowest BCUT2D eigenvalue weighted by molar-refractivity contribution is -0.135. The average Bonchev–Trinajstić information content (AvgIpc) is 3.12. The SMILES string of the molecule is CN(C)[C@]1(c2ccccc2)CC[C@]2(CC1)CN(CC(=O)N1CCC(C(N)=O)CC1)C(=O)N2CC1CCC1. The van der Waals surface area contributed by atoms with E-state index in [9.17, 15) is 14.4 Å². The van der Waals surface area contributed by atoms with E-state index in [0.717, 1.165) is 32.2 Å². The van der Waals surface area contributed by atoms with Gasteiger partial charge in [0, 0.05) is 37.6 Å². The fraction of sp³-hybridized carbons (Fsp3) is 0.690. The molecule has 37 heavy (non-hydrogen) atoms. The molecule has 0 aromatic heterocycles. The molecule has 2 saturated heterocycles. The third kappa shape index (κ3) is 4.85. The first-order chi connectivity index (χ1) is 17.7. The highest BCUT2D eigenvalue weighted by Crippen LogP contribution is 2.49. The molecule has 1 aromatic carbocycles. The number of benzene rings is 1. The third-order valence-electron chi connectivity index (χ3n) is 9.98. The molecular formula is C29H43N5O3. The van der Waals surface area contributed by atoms with Crippen LogP contribution in [0.4, 0.5) is 4.79 Å². The minimum atomic E-state index is -0.281. The lowest BCUT2D eigenvalue weighted by Gasteiger charge is -2.51. The third-order valence-corrected chi connectivity index (χ3v) is 9.98. The van der Waals surface area contributed by atoms with Crippen molar-refractivity contribution in [2.24, 2.45) is 17.6 Å². The summed E-state index contributed by atoms with van der Waals surface area (Å²) in [6.45, 7) is 2.64. The Bertz CT molecular complexity index is 992. The van der Waals surface area contributed by atoms with Crippen molar-refractivity contribution in [3.8, 4) is 0 Å². The molecule has 0 atom stereocenters. The van der Waals surface area contributed by atoms with Crippen molar-refractivity contribution in [3.05, 3.63) is 35.9 Å². The summed E-state index contributed by atoms with van der Waals surface area (Å²) in [5.41, 5.74) is 6.56. The highest BCUT2D eigenvalue weighted by molar-refractivity contribution is 5.86. The van der Waals surface area contributed by atoms with Crippen LogP contribution in [0.1, 0.15) is 63.4 Å². The van der Waals surface area contributed by atoms with Crippen molar-refractivity contribution in [1.82, 2.24) is 19.6 Å². The van der Waals surface area contributed by atoms with Gasteiger partial charge in [0.2, 0.25) is 11.8 Å². The first-order valence-electron chi connectivity index (χ1n) is 14.1. The van der Waals surface area contributed by atoms with Gasteiger partial charge in [-0.15, -0.1) is 0 Å². The van der Waals surface area contributed by atoms with Gasteiger partial charge in [-0.3, -0.25) is 14.5 Å². The molecule has 8 heteroatoms. The lowest BCUT2D eigenvalue weighted by Crippen LogP contribution is -2.56. The number of hydrogen-bond acceptors (Lipinski definition) is 4. The predicted octanol–water partition coefficient (Wildman–Crippen LogP) is 3.02. The van der Waals surface area contributed by atoms with Crippen LogP contribution in [0, 0.1) is 11.8 Å². The molecule has 4 aliphatic rings. The van der Waals surface area contributed by atoms with Crippen LogP contribution in [-0.2, 0) is 15.1 Å². The summed E-state index contributed by atoms with van der Waals surface area (Å²) in [6, 6.07) is 10.8. The van der Waals surface area contributed by atoms with Crippen molar-refractivity contribution in [2.75, 3.05) is 46.8 Å². The second-order valence-electron chi connectivity index (χ2n) is 12.1. The second-order valence-corrected chi connectivity index (χ2v) is 12.1. The number of hydrogen-bond donors (Lipinski definition) is 1. The van der Waals surface area contributed by atoms with Crippen LogP contribution in [0.25, 0.3) is 0 Å². The molecule has 202 valence electrons. The van der Waals surface area contributed by atoms with Crippen LogP contribution in [0.5, 0.6) is 0 Å². The molecule has 1 spiro atoms. The van der Waals surface area contributed by atoms with E-state index >= 15 is 0 Å². The molecular weight excluding hydrogens is 466 g/mol. The highest BCUT2D eigenvalue weighted by Gasteiger charge is 2.55. The molecule has 2 saturated carbocycles. The van der Waals surface area contributed by atoms with Gasteiger partial charge < -0.3 is 20.4 Å². The Morgan fingerprint density at radius 2 is 1.65 bits per heavy atom. The van der Waals surface area contributed by atoms with Gasteiger partial charge in [-0.1, -0.05) is 36.8 Å². The normalized spacial score (nSPS) is 29.3. The van der Waals surface area contributed by atoms with E-state index < -0.39 is 0 Å². The number of piperidine rings is 1. The van der Waals surface area contributed by atoms with Crippen molar-refractivity contribution in [2.45, 2.75) is 68.9 Å². The molecule has 0 radical (unpaired) electrons. The summed E-state index contributed by atoms with van der Waals surface area (Å²) >= 11 is 0. The van der Waals surface area contributed by atoms with E-state index in [1.165, 1.54) is 24.8 Å². The molecule has 5 rings (SSSR count). The number of urea groups is 1. The van der Waals surface area contributed by atoms with Gasteiger partial charge in [0.1, 0.15) is 6.54 Å². The number of carbonyl (C=O) groups excluding carboxylic acids is 3. The van der Waals surface area contributed by atoms with Gasteiger partial charge in [-0.2, -0.15) is 0 Å². The van der Waals surface area contributed by atoms with Crippen LogP contribution in [0.15, 0.2) is 30.3 Å². The van der Waals surface area contributed by atoms with Crippen LogP contribution in [-0.4, -0.2) is 89.8 Å². The summed E-state index contributed by atoms with van der Waals surface area (Å²) < 4.78 is 0. The van der Waals surface area contributed by atoms with E-state index in [0.29, 0.717) is 38.4 Å². The molecule has 4 amide bonds. The predicted molar refractivity (Wildman–Crippen MR) is 143 cm³/mol. The highest BCUT2D eigenvalue weighted by atomic mass is 16.2. The smallest absolute Gasteiger partial charge is 0.321 e. The average molecular weight is 510 g/mol. The number of nitrogens with two attached hydrogens (primary N) is 1. The summed E-state index contributed by atoms with van der Waals surface area (Å²) in [5.74, 6) is 0.137. The summed E-state index contributed by atoms with van der Waals surface area (Å²) in [6.07, 6.45) is 8.71. The van der Waals surface area contributed by atoms with Crippen LogP contribution in [0.2, 0.25) is 0 Å². The minimum absolute atomic E-state index is 0.0142. The van der Waals surface area contributed by atoms with Crippen molar-refractivity contribution in [1.29, 1.82) is 0 Å². The molecule has 2 heterocycles. The Labute approximate surface area is 221 Å². The van der Waals surface area contributed by atoms with Gasteiger partial charge in [0.15, 0.2) is 0 Å². The first kappa shape index (κ1) is 26.0. The summed E-state index contributed by atoms with van der Waals surface area (Å²) in [5, 5.41) is 0. The largest absolute Gasteiger partial charge is 0.369 e. The topological polar surface area (TPSA) is 90.2 Å². The quantitative estimate of drug-likeness (QED) is 0.612. The fourth-order valence-corrected chi connectivity index (χ4v) is 7.19. The Hall–Kier alpha value is -2.61. The Morgan fingerprint density at radius 1 is 1.00 bits per heavy atom. The van der Waals surface area contributed by atoms with Gasteiger partial charge in [0.25, 0.3) is 0 Å². The standard InChI is InChI=1S/C29H43N5O3/c1-31(2)29(24-9-4-3-5-10-24)15-13-28(14-16-29)21-33(27(37)34(28)19-22-7-6-8-22)20-25(35)32-17-11-23(12-18-32)26(30)36/h3-5,9-10,22-23H,6-8,11-21H2,1-2H3,(H2,30,36)/t28-,29+. The van der Waals surface area contributed by atoms with Gasteiger partial charge in [-0.05, 0) is 76.9 Å². The monoisotopic (exact) mass is 509 g/mol. The summed E-state index contributed by atoms with van der Waals surface area (Å²) in [4.78, 5) is 46.7.